The standard InChI is InChI=1S/C20H19N3O5/c1-20(10-15(23-28-20)13-5-3-4-6-16(13)26-2)19(25)21-12-7-8-14-17(9-12)27-11-18(24)22-14/h3-9H,10-11H2,1-2H3,(H,21,25)(H,22,24). The summed E-state index contributed by atoms with van der Waals surface area (Å²) in [6.45, 7) is 1.63. The van der Waals surface area contributed by atoms with E-state index in [4.69, 9.17) is 14.3 Å². The van der Waals surface area contributed by atoms with Gasteiger partial charge in [0.15, 0.2) is 6.61 Å². The molecular weight excluding hydrogens is 362 g/mol. The van der Waals surface area contributed by atoms with Crippen molar-refractivity contribution in [2.45, 2.75) is 18.9 Å². The third-order valence-corrected chi connectivity index (χ3v) is 4.63. The molecule has 8 nitrogen and oxygen atoms in total. The molecule has 1 unspecified atom stereocenters. The highest BCUT2D eigenvalue weighted by atomic mass is 16.7. The molecule has 28 heavy (non-hydrogen) atoms. The normalized spacial score (nSPS) is 20.2. The predicted molar refractivity (Wildman–Crippen MR) is 103 cm³/mol. The van der Waals surface area contributed by atoms with Gasteiger partial charge in [-0.25, -0.2) is 0 Å². The van der Waals surface area contributed by atoms with E-state index < -0.39 is 5.60 Å². The van der Waals surface area contributed by atoms with Crippen LogP contribution in [0.4, 0.5) is 11.4 Å². The third-order valence-electron chi connectivity index (χ3n) is 4.63. The Morgan fingerprint density at radius 1 is 1.29 bits per heavy atom. The largest absolute Gasteiger partial charge is 0.496 e. The van der Waals surface area contributed by atoms with E-state index in [2.05, 4.69) is 15.8 Å². The number of nitrogens with one attached hydrogen (secondary N) is 2. The minimum Gasteiger partial charge on any atom is -0.496 e. The Morgan fingerprint density at radius 3 is 2.93 bits per heavy atom. The van der Waals surface area contributed by atoms with Gasteiger partial charge in [-0.1, -0.05) is 17.3 Å². The number of hydrogen-bond acceptors (Lipinski definition) is 6. The van der Waals surface area contributed by atoms with Crippen LogP contribution in [0.15, 0.2) is 47.6 Å². The average molecular weight is 381 g/mol. The number of methoxy groups -OCH3 is 1. The van der Waals surface area contributed by atoms with E-state index >= 15 is 0 Å². The number of oxime groups is 1. The molecule has 2 amide bonds. The predicted octanol–water partition coefficient (Wildman–Crippen LogP) is 2.55. The van der Waals surface area contributed by atoms with Crippen molar-refractivity contribution >= 4 is 28.9 Å². The minimum atomic E-state index is -1.15. The van der Waals surface area contributed by atoms with E-state index in [9.17, 15) is 9.59 Å². The lowest BCUT2D eigenvalue weighted by Crippen LogP contribution is -2.40. The molecule has 2 aromatic carbocycles. The van der Waals surface area contributed by atoms with E-state index in [0.717, 1.165) is 5.56 Å². The molecule has 0 saturated heterocycles. The number of anilines is 2. The number of ether oxygens (including phenoxy) is 2. The molecule has 2 aromatic rings. The van der Waals surface area contributed by atoms with Crippen LogP contribution < -0.4 is 20.1 Å². The summed E-state index contributed by atoms with van der Waals surface area (Å²) >= 11 is 0. The van der Waals surface area contributed by atoms with Crippen LogP contribution in [-0.4, -0.2) is 36.8 Å². The third kappa shape index (κ3) is 3.24. The monoisotopic (exact) mass is 381 g/mol. The maximum Gasteiger partial charge on any atom is 0.271 e. The maximum atomic E-state index is 12.8. The SMILES string of the molecule is COc1ccccc1C1=NOC(C)(C(=O)Nc2ccc3c(c2)OCC(=O)N3)C1. The summed E-state index contributed by atoms with van der Waals surface area (Å²) in [6.07, 6.45) is 0.302. The van der Waals surface area contributed by atoms with Crippen LogP contribution in [-0.2, 0) is 14.4 Å². The summed E-state index contributed by atoms with van der Waals surface area (Å²) < 4.78 is 10.7. The molecule has 0 radical (unpaired) electrons. The number of carbonyl (C=O) groups excluding carboxylic acids is 2. The van der Waals surface area contributed by atoms with Crippen molar-refractivity contribution in [2.75, 3.05) is 24.4 Å². The van der Waals surface area contributed by atoms with Crippen LogP contribution in [0.3, 0.4) is 0 Å². The molecular formula is C20H19N3O5. The van der Waals surface area contributed by atoms with Crippen LogP contribution in [0.5, 0.6) is 11.5 Å². The highest BCUT2D eigenvalue weighted by molar-refractivity contribution is 6.09. The highest BCUT2D eigenvalue weighted by Crippen LogP contribution is 2.33. The number of nitrogens with zero attached hydrogens (tertiary/aromatic N) is 1. The van der Waals surface area contributed by atoms with Crippen molar-refractivity contribution in [3.63, 3.8) is 0 Å². The first-order valence-corrected chi connectivity index (χ1v) is 8.75. The number of carbonyl (C=O) groups is 2. The smallest absolute Gasteiger partial charge is 0.271 e. The lowest BCUT2D eigenvalue weighted by molar-refractivity contribution is -0.135. The van der Waals surface area contributed by atoms with Crippen molar-refractivity contribution in [2.24, 2.45) is 5.16 Å². The fourth-order valence-corrected chi connectivity index (χ4v) is 3.10. The van der Waals surface area contributed by atoms with Gasteiger partial charge in [0.05, 0.1) is 18.5 Å². The molecule has 1 atom stereocenters. The van der Waals surface area contributed by atoms with E-state index in [-0.39, 0.29) is 18.4 Å². The van der Waals surface area contributed by atoms with Crippen LogP contribution in [0, 0.1) is 0 Å². The van der Waals surface area contributed by atoms with E-state index in [0.29, 0.717) is 35.0 Å². The Kier molecular flexibility index (Phi) is 4.38. The van der Waals surface area contributed by atoms with Crippen molar-refractivity contribution < 1.29 is 23.9 Å². The average Bonchev–Trinajstić information content (AvgIpc) is 3.11. The summed E-state index contributed by atoms with van der Waals surface area (Å²) in [5.74, 6) is 0.627. The van der Waals surface area contributed by atoms with Crippen molar-refractivity contribution in [3.8, 4) is 11.5 Å². The number of hydrogen-bond donors (Lipinski definition) is 2. The quantitative estimate of drug-likeness (QED) is 0.848. The van der Waals surface area contributed by atoms with Gasteiger partial charge < -0.3 is 24.9 Å². The molecule has 0 fully saturated rings. The molecule has 2 aliphatic rings. The topological polar surface area (TPSA) is 98.2 Å². The molecule has 0 bridgehead atoms. The number of benzene rings is 2. The fraction of sp³-hybridized carbons (Fsp3) is 0.250. The lowest BCUT2D eigenvalue weighted by Gasteiger charge is -2.22. The molecule has 0 aliphatic carbocycles. The lowest BCUT2D eigenvalue weighted by atomic mass is 9.94. The number of para-hydroxylation sites is 1. The first-order chi connectivity index (χ1) is 13.5. The number of amides is 2. The van der Waals surface area contributed by atoms with Gasteiger partial charge in [-0.3, -0.25) is 9.59 Å². The molecule has 2 heterocycles. The molecule has 2 aliphatic heterocycles. The first-order valence-electron chi connectivity index (χ1n) is 8.75. The summed E-state index contributed by atoms with van der Waals surface area (Å²) in [4.78, 5) is 29.7. The molecule has 0 aromatic heterocycles. The van der Waals surface area contributed by atoms with Gasteiger partial charge in [-0.15, -0.1) is 0 Å². The second-order valence-electron chi connectivity index (χ2n) is 6.74. The van der Waals surface area contributed by atoms with Gasteiger partial charge >= 0.3 is 0 Å². The van der Waals surface area contributed by atoms with Gasteiger partial charge in [-0.2, -0.15) is 0 Å². The molecule has 0 saturated carbocycles. The van der Waals surface area contributed by atoms with Crippen molar-refractivity contribution in [1.29, 1.82) is 0 Å². The van der Waals surface area contributed by atoms with Crippen molar-refractivity contribution in [3.05, 3.63) is 48.0 Å². The van der Waals surface area contributed by atoms with Gasteiger partial charge in [0.25, 0.3) is 11.8 Å². The van der Waals surface area contributed by atoms with Gasteiger partial charge in [-0.05, 0) is 31.2 Å². The molecule has 8 heteroatoms. The van der Waals surface area contributed by atoms with Crippen LogP contribution in [0.25, 0.3) is 0 Å². The fourth-order valence-electron chi connectivity index (χ4n) is 3.10. The summed E-state index contributed by atoms with van der Waals surface area (Å²) in [5.41, 5.74) is 1.39. The highest BCUT2D eigenvalue weighted by Gasteiger charge is 2.43. The summed E-state index contributed by atoms with van der Waals surface area (Å²) in [5, 5.41) is 9.64. The molecule has 144 valence electrons. The molecule has 4 rings (SSSR count). The van der Waals surface area contributed by atoms with Crippen molar-refractivity contribution in [1.82, 2.24) is 0 Å². The summed E-state index contributed by atoms with van der Waals surface area (Å²) in [7, 11) is 1.59. The number of rotatable bonds is 4. The Morgan fingerprint density at radius 2 is 2.11 bits per heavy atom. The zero-order valence-corrected chi connectivity index (χ0v) is 15.4. The zero-order valence-electron chi connectivity index (χ0n) is 15.4. The Balaban J connectivity index is 1.48. The Bertz CT molecular complexity index is 988. The maximum absolute atomic E-state index is 12.8. The second kappa shape index (κ2) is 6.88. The van der Waals surface area contributed by atoms with E-state index in [1.54, 1.807) is 32.2 Å². The van der Waals surface area contributed by atoms with Crippen LogP contribution in [0.2, 0.25) is 0 Å². The minimum absolute atomic E-state index is 0.0542. The Hall–Kier alpha value is -3.55. The van der Waals surface area contributed by atoms with E-state index in [1.807, 2.05) is 24.3 Å². The summed E-state index contributed by atoms with van der Waals surface area (Å²) in [6, 6.07) is 12.5. The zero-order chi connectivity index (χ0) is 19.7. The second-order valence-corrected chi connectivity index (χ2v) is 6.74. The molecule has 0 spiro atoms. The van der Waals surface area contributed by atoms with Gasteiger partial charge in [0.1, 0.15) is 11.5 Å². The van der Waals surface area contributed by atoms with Crippen LogP contribution >= 0.6 is 0 Å². The molecule has 2 N–H and O–H groups in total. The first kappa shape index (κ1) is 17.8. The number of fused-ring (bicyclic) bond motifs is 1. The van der Waals surface area contributed by atoms with E-state index in [1.165, 1.54) is 0 Å². The van der Waals surface area contributed by atoms with Gasteiger partial charge in [0, 0.05) is 23.7 Å². The Labute approximate surface area is 161 Å². The van der Waals surface area contributed by atoms with Gasteiger partial charge in [0.2, 0.25) is 5.60 Å². The van der Waals surface area contributed by atoms with Crippen LogP contribution in [0.1, 0.15) is 18.9 Å².